The molecule has 1 atom stereocenters. The zero-order chi connectivity index (χ0) is 17.4. The molecule has 128 valence electrons. The van der Waals surface area contributed by atoms with Crippen LogP contribution in [0, 0.1) is 5.82 Å². The van der Waals surface area contributed by atoms with Crippen molar-refractivity contribution in [2.75, 3.05) is 13.2 Å². The van der Waals surface area contributed by atoms with E-state index >= 15 is 0 Å². The first-order chi connectivity index (χ1) is 11.3. The lowest BCUT2D eigenvalue weighted by Crippen LogP contribution is -2.56. The summed E-state index contributed by atoms with van der Waals surface area (Å²) in [7, 11) is -3.69. The van der Waals surface area contributed by atoms with Gasteiger partial charge in [0.1, 0.15) is 5.82 Å². The van der Waals surface area contributed by atoms with Crippen LogP contribution in [-0.2, 0) is 14.8 Å². The molecule has 0 saturated carbocycles. The van der Waals surface area contributed by atoms with Crippen molar-refractivity contribution in [1.82, 2.24) is 4.31 Å². The van der Waals surface area contributed by atoms with Crippen LogP contribution in [-0.4, -0.2) is 31.4 Å². The van der Waals surface area contributed by atoms with Crippen LogP contribution in [0.5, 0.6) is 0 Å². The predicted molar refractivity (Wildman–Crippen MR) is 89.5 cm³/mol. The molecule has 1 fully saturated rings. The number of nitrogens with zero attached hydrogens (tertiary/aromatic N) is 1. The average molecular weight is 349 g/mol. The lowest BCUT2D eigenvalue weighted by atomic mass is 10.0. The molecule has 2 aromatic carbocycles. The van der Waals surface area contributed by atoms with Crippen LogP contribution in [0.2, 0.25) is 0 Å². The first-order valence-electron chi connectivity index (χ1n) is 7.76. The van der Waals surface area contributed by atoms with Gasteiger partial charge in [0.15, 0.2) is 0 Å². The van der Waals surface area contributed by atoms with Gasteiger partial charge in [-0.15, -0.1) is 0 Å². The van der Waals surface area contributed by atoms with E-state index in [0.29, 0.717) is 5.56 Å². The van der Waals surface area contributed by atoms with Gasteiger partial charge in [0.25, 0.3) is 0 Å². The largest absolute Gasteiger partial charge is 0.370 e. The van der Waals surface area contributed by atoms with Gasteiger partial charge in [0.2, 0.25) is 10.0 Å². The second kappa shape index (κ2) is 6.27. The number of sulfonamides is 1. The van der Waals surface area contributed by atoms with Gasteiger partial charge >= 0.3 is 0 Å². The minimum atomic E-state index is -3.69. The molecule has 0 spiro atoms. The summed E-state index contributed by atoms with van der Waals surface area (Å²) in [4.78, 5) is 0.229. The third-order valence-electron chi connectivity index (χ3n) is 4.23. The highest BCUT2D eigenvalue weighted by molar-refractivity contribution is 7.89. The van der Waals surface area contributed by atoms with Gasteiger partial charge in [-0.05, 0) is 32.0 Å². The van der Waals surface area contributed by atoms with Crippen LogP contribution in [0.15, 0.2) is 59.5 Å². The van der Waals surface area contributed by atoms with E-state index in [-0.39, 0.29) is 23.9 Å². The Morgan fingerprint density at radius 2 is 1.71 bits per heavy atom. The summed E-state index contributed by atoms with van der Waals surface area (Å²) < 4.78 is 47.3. The topological polar surface area (TPSA) is 46.6 Å². The Labute approximate surface area is 141 Å². The first kappa shape index (κ1) is 17.1. The van der Waals surface area contributed by atoms with E-state index in [1.807, 2.05) is 13.8 Å². The molecule has 1 heterocycles. The monoisotopic (exact) mass is 349 g/mol. The van der Waals surface area contributed by atoms with Crippen LogP contribution in [0.4, 0.5) is 4.39 Å². The number of ether oxygens (including phenoxy) is 1. The SMILES string of the molecule is CC1(C)COC(c2ccccc2F)CN1S(=O)(=O)c1ccccc1. The second-order valence-corrected chi connectivity index (χ2v) is 8.35. The van der Waals surface area contributed by atoms with Crippen molar-refractivity contribution in [3.05, 3.63) is 66.0 Å². The molecule has 0 amide bonds. The molecule has 4 nitrogen and oxygen atoms in total. The maximum atomic E-state index is 14.1. The minimum Gasteiger partial charge on any atom is -0.370 e. The predicted octanol–water partition coefficient (Wildman–Crippen LogP) is 3.37. The van der Waals surface area contributed by atoms with E-state index < -0.39 is 21.7 Å². The molecule has 1 aliphatic rings. The fourth-order valence-electron chi connectivity index (χ4n) is 2.89. The minimum absolute atomic E-state index is 0.0746. The maximum Gasteiger partial charge on any atom is 0.243 e. The smallest absolute Gasteiger partial charge is 0.243 e. The Morgan fingerprint density at radius 3 is 2.38 bits per heavy atom. The summed E-state index contributed by atoms with van der Waals surface area (Å²) in [6.45, 7) is 3.89. The van der Waals surface area contributed by atoms with Crippen LogP contribution in [0.1, 0.15) is 25.5 Å². The summed E-state index contributed by atoms with van der Waals surface area (Å²) in [5.41, 5.74) is -0.336. The molecule has 2 aromatic rings. The zero-order valence-corrected chi connectivity index (χ0v) is 14.5. The standard InChI is InChI=1S/C18H20FNO3S/c1-18(2)13-23-17(15-10-6-7-11-16(15)19)12-20(18)24(21,22)14-8-4-3-5-9-14/h3-11,17H,12-13H2,1-2H3. The van der Waals surface area contributed by atoms with Gasteiger partial charge in [-0.25, -0.2) is 12.8 Å². The third kappa shape index (κ3) is 3.09. The van der Waals surface area contributed by atoms with E-state index in [0.717, 1.165) is 0 Å². The highest BCUT2D eigenvalue weighted by Crippen LogP contribution is 2.35. The van der Waals surface area contributed by atoms with Gasteiger partial charge in [0, 0.05) is 12.1 Å². The molecular weight excluding hydrogens is 329 g/mol. The van der Waals surface area contributed by atoms with Gasteiger partial charge < -0.3 is 4.74 Å². The summed E-state index contributed by atoms with van der Waals surface area (Å²) in [5, 5.41) is 0. The number of benzene rings is 2. The molecular formula is C18H20FNO3S. The number of morpholine rings is 1. The fraction of sp³-hybridized carbons (Fsp3) is 0.333. The quantitative estimate of drug-likeness (QED) is 0.854. The van der Waals surface area contributed by atoms with E-state index in [2.05, 4.69) is 0 Å². The molecule has 1 unspecified atom stereocenters. The van der Waals surface area contributed by atoms with Crippen LogP contribution >= 0.6 is 0 Å². The highest BCUT2D eigenvalue weighted by atomic mass is 32.2. The average Bonchev–Trinajstić information content (AvgIpc) is 2.56. The Morgan fingerprint density at radius 1 is 1.08 bits per heavy atom. The summed E-state index contributed by atoms with van der Waals surface area (Å²) >= 11 is 0. The van der Waals surface area contributed by atoms with Gasteiger partial charge in [-0.1, -0.05) is 36.4 Å². The van der Waals surface area contributed by atoms with Crippen molar-refractivity contribution in [2.24, 2.45) is 0 Å². The number of halogens is 1. The summed E-state index contributed by atoms with van der Waals surface area (Å²) in [6.07, 6.45) is -0.627. The van der Waals surface area contributed by atoms with E-state index in [1.165, 1.54) is 10.4 Å². The fourth-order valence-corrected chi connectivity index (χ4v) is 4.69. The number of hydrogen-bond donors (Lipinski definition) is 0. The van der Waals surface area contributed by atoms with Gasteiger partial charge in [0.05, 0.1) is 23.1 Å². The molecule has 24 heavy (non-hydrogen) atoms. The van der Waals surface area contributed by atoms with Crippen LogP contribution in [0.3, 0.4) is 0 Å². The van der Waals surface area contributed by atoms with Crippen LogP contribution in [0.25, 0.3) is 0 Å². The maximum absolute atomic E-state index is 14.1. The van der Waals surface area contributed by atoms with Crippen molar-refractivity contribution in [3.63, 3.8) is 0 Å². The molecule has 6 heteroatoms. The lowest BCUT2D eigenvalue weighted by Gasteiger charge is -2.44. The van der Waals surface area contributed by atoms with Crippen molar-refractivity contribution < 1.29 is 17.5 Å². The number of rotatable bonds is 3. The molecule has 1 saturated heterocycles. The van der Waals surface area contributed by atoms with Crippen LogP contribution < -0.4 is 0 Å². The molecule has 1 aliphatic heterocycles. The Kier molecular flexibility index (Phi) is 4.46. The van der Waals surface area contributed by atoms with Crippen molar-refractivity contribution >= 4 is 10.0 Å². The zero-order valence-electron chi connectivity index (χ0n) is 13.6. The van der Waals surface area contributed by atoms with Gasteiger partial charge in [-0.3, -0.25) is 0 Å². The first-order valence-corrected chi connectivity index (χ1v) is 9.20. The molecule has 0 bridgehead atoms. The number of hydrogen-bond acceptors (Lipinski definition) is 3. The summed E-state index contributed by atoms with van der Waals surface area (Å²) in [5.74, 6) is -0.390. The van der Waals surface area contributed by atoms with Crippen molar-refractivity contribution in [3.8, 4) is 0 Å². The molecule has 0 aliphatic carbocycles. The van der Waals surface area contributed by atoms with Crippen molar-refractivity contribution in [1.29, 1.82) is 0 Å². The van der Waals surface area contributed by atoms with E-state index in [1.54, 1.807) is 48.5 Å². The Balaban J connectivity index is 1.97. The van der Waals surface area contributed by atoms with E-state index in [9.17, 15) is 12.8 Å². The van der Waals surface area contributed by atoms with E-state index in [4.69, 9.17) is 4.74 Å². The normalized spacial score (nSPS) is 21.5. The Bertz CT molecular complexity index is 821. The summed E-state index contributed by atoms with van der Waals surface area (Å²) in [6, 6.07) is 14.6. The lowest BCUT2D eigenvalue weighted by molar-refractivity contribution is -0.0667. The molecule has 0 radical (unpaired) electrons. The second-order valence-electron chi connectivity index (χ2n) is 6.48. The molecule has 0 aromatic heterocycles. The molecule has 0 N–H and O–H groups in total. The Hall–Kier alpha value is -1.76. The highest BCUT2D eigenvalue weighted by Gasteiger charge is 2.43. The van der Waals surface area contributed by atoms with Gasteiger partial charge in [-0.2, -0.15) is 4.31 Å². The third-order valence-corrected chi connectivity index (χ3v) is 6.32. The van der Waals surface area contributed by atoms with Crippen molar-refractivity contribution in [2.45, 2.75) is 30.4 Å². The molecule has 3 rings (SSSR count).